The van der Waals surface area contributed by atoms with Crippen molar-refractivity contribution in [1.82, 2.24) is 9.97 Å². The third-order valence-electron chi connectivity index (χ3n) is 2.44. The first kappa shape index (κ1) is 10.3. The Balaban J connectivity index is 2.10. The predicted molar refractivity (Wildman–Crippen MR) is 55.6 cm³/mol. The Kier molecular flexibility index (Phi) is 3.13. The Bertz CT molecular complexity index is 332. The van der Waals surface area contributed by atoms with Crippen molar-refractivity contribution in [1.29, 1.82) is 0 Å². The van der Waals surface area contributed by atoms with Crippen molar-refractivity contribution in [3.63, 3.8) is 0 Å². The van der Waals surface area contributed by atoms with E-state index in [2.05, 4.69) is 9.97 Å². The van der Waals surface area contributed by atoms with Crippen LogP contribution in [0.15, 0.2) is 12.3 Å². The monoisotopic (exact) mass is 209 g/mol. The third-order valence-corrected chi connectivity index (χ3v) is 2.44. The molecule has 1 aliphatic heterocycles. The molecule has 1 aliphatic rings. The van der Waals surface area contributed by atoms with Gasteiger partial charge in [-0.15, -0.1) is 0 Å². The largest absolute Gasteiger partial charge is 0.391 e. The van der Waals surface area contributed by atoms with Gasteiger partial charge in [-0.1, -0.05) is 0 Å². The average molecular weight is 209 g/mol. The Labute approximate surface area is 88.7 Å². The van der Waals surface area contributed by atoms with Gasteiger partial charge in [0.2, 0.25) is 5.95 Å². The van der Waals surface area contributed by atoms with Crippen molar-refractivity contribution < 1.29 is 9.84 Å². The summed E-state index contributed by atoms with van der Waals surface area (Å²) in [6, 6.07) is 1.83. The fraction of sp³-hybridized carbons (Fsp3) is 0.600. The van der Waals surface area contributed by atoms with Crippen LogP contribution in [0.3, 0.4) is 0 Å². The number of ether oxygens (including phenoxy) is 1. The van der Waals surface area contributed by atoms with Crippen LogP contribution in [0.5, 0.6) is 0 Å². The van der Waals surface area contributed by atoms with E-state index in [0.29, 0.717) is 19.1 Å². The molecule has 0 saturated carbocycles. The number of anilines is 1. The Morgan fingerprint density at radius 3 is 3.20 bits per heavy atom. The molecule has 82 valence electrons. The maximum atomic E-state index is 9.41. The first-order chi connectivity index (χ1) is 7.29. The topological polar surface area (TPSA) is 58.5 Å². The molecule has 5 heteroatoms. The molecule has 1 N–H and O–H groups in total. The zero-order valence-electron chi connectivity index (χ0n) is 8.76. The van der Waals surface area contributed by atoms with E-state index in [9.17, 15) is 5.11 Å². The van der Waals surface area contributed by atoms with Crippen LogP contribution in [0, 0.1) is 0 Å². The second kappa shape index (κ2) is 4.55. The fourth-order valence-electron chi connectivity index (χ4n) is 1.69. The molecular formula is C10H15N3O2. The van der Waals surface area contributed by atoms with Crippen LogP contribution in [0.4, 0.5) is 5.95 Å². The summed E-state index contributed by atoms with van der Waals surface area (Å²) >= 11 is 0. The number of methoxy groups -OCH3 is 1. The molecule has 0 spiro atoms. The molecule has 2 heterocycles. The van der Waals surface area contributed by atoms with Gasteiger partial charge in [-0.05, 0) is 12.5 Å². The van der Waals surface area contributed by atoms with Crippen molar-refractivity contribution in [3.8, 4) is 0 Å². The van der Waals surface area contributed by atoms with E-state index in [1.165, 1.54) is 0 Å². The van der Waals surface area contributed by atoms with E-state index in [4.69, 9.17) is 4.74 Å². The number of aromatic nitrogens is 2. The summed E-state index contributed by atoms with van der Waals surface area (Å²) in [7, 11) is 1.64. The third kappa shape index (κ3) is 2.43. The quantitative estimate of drug-likeness (QED) is 0.770. The number of aliphatic hydroxyl groups is 1. The summed E-state index contributed by atoms with van der Waals surface area (Å²) in [4.78, 5) is 10.5. The molecule has 0 amide bonds. The van der Waals surface area contributed by atoms with Crippen LogP contribution in [-0.4, -0.2) is 41.4 Å². The lowest BCUT2D eigenvalue weighted by molar-refractivity contribution is 0.181. The predicted octanol–water partition coefficient (Wildman–Crippen LogP) is 0.194. The highest BCUT2D eigenvalue weighted by atomic mass is 16.5. The summed E-state index contributed by atoms with van der Waals surface area (Å²) in [5.74, 6) is 0.682. The van der Waals surface area contributed by atoms with E-state index in [1.807, 2.05) is 11.0 Å². The van der Waals surface area contributed by atoms with Gasteiger partial charge in [-0.25, -0.2) is 9.97 Å². The van der Waals surface area contributed by atoms with Crippen LogP contribution in [-0.2, 0) is 11.3 Å². The molecule has 0 aliphatic carbocycles. The SMILES string of the molecule is COCc1ccnc(N2CC[C@H](O)C2)n1. The molecule has 0 radical (unpaired) electrons. The first-order valence-electron chi connectivity index (χ1n) is 5.03. The fourth-order valence-corrected chi connectivity index (χ4v) is 1.69. The van der Waals surface area contributed by atoms with E-state index >= 15 is 0 Å². The molecule has 1 aromatic heterocycles. The Morgan fingerprint density at radius 1 is 1.67 bits per heavy atom. The van der Waals surface area contributed by atoms with Crippen LogP contribution in [0.2, 0.25) is 0 Å². The molecule has 0 bridgehead atoms. The minimum Gasteiger partial charge on any atom is -0.391 e. The van der Waals surface area contributed by atoms with Gasteiger partial charge in [-0.3, -0.25) is 0 Å². The van der Waals surface area contributed by atoms with Gasteiger partial charge >= 0.3 is 0 Å². The number of nitrogens with zero attached hydrogens (tertiary/aromatic N) is 3. The summed E-state index contributed by atoms with van der Waals surface area (Å²) in [6.45, 7) is 1.93. The van der Waals surface area contributed by atoms with E-state index in [0.717, 1.165) is 18.7 Å². The Hall–Kier alpha value is -1.20. The molecule has 1 fully saturated rings. The maximum absolute atomic E-state index is 9.41. The summed E-state index contributed by atoms with van der Waals surface area (Å²) in [5.41, 5.74) is 0.865. The lowest BCUT2D eigenvalue weighted by Crippen LogP contribution is -2.23. The minimum absolute atomic E-state index is 0.250. The number of hydrogen-bond acceptors (Lipinski definition) is 5. The van der Waals surface area contributed by atoms with Crippen molar-refractivity contribution in [2.45, 2.75) is 19.1 Å². The lowest BCUT2D eigenvalue weighted by Gasteiger charge is -2.15. The number of β-amino-alcohol motifs (C(OH)–C–C–N with tert-alkyl or cyclic N) is 1. The van der Waals surface area contributed by atoms with Gasteiger partial charge < -0.3 is 14.7 Å². The molecule has 1 aromatic rings. The van der Waals surface area contributed by atoms with Gasteiger partial charge in [0.05, 0.1) is 18.4 Å². The number of rotatable bonds is 3. The molecule has 1 saturated heterocycles. The first-order valence-corrected chi connectivity index (χ1v) is 5.03. The van der Waals surface area contributed by atoms with Crippen LogP contribution < -0.4 is 4.90 Å². The summed E-state index contributed by atoms with van der Waals surface area (Å²) in [6.07, 6.45) is 2.26. The number of hydrogen-bond donors (Lipinski definition) is 1. The second-order valence-corrected chi connectivity index (χ2v) is 3.67. The standard InChI is InChI=1S/C10H15N3O2/c1-15-7-8-2-4-11-10(12-8)13-5-3-9(14)6-13/h2,4,9,14H,3,5-7H2,1H3/t9-/m0/s1. The molecule has 2 rings (SSSR count). The Morgan fingerprint density at radius 2 is 2.53 bits per heavy atom. The summed E-state index contributed by atoms with van der Waals surface area (Å²) in [5, 5.41) is 9.41. The van der Waals surface area contributed by atoms with Gasteiger partial charge in [0.15, 0.2) is 0 Å². The van der Waals surface area contributed by atoms with E-state index < -0.39 is 0 Å². The number of aliphatic hydroxyl groups excluding tert-OH is 1. The molecule has 0 aromatic carbocycles. The van der Waals surface area contributed by atoms with Crippen LogP contribution in [0.25, 0.3) is 0 Å². The van der Waals surface area contributed by atoms with Gasteiger partial charge in [0.1, 0.15) is 0 Å². The van der Waals surface area contributed by atoms with Crippen molar-refractivity contribution in [2.75, 3.05) is 25.1 Å². The maximum Gasteiger partial charge on any atom is 0.225 e. The normalized spacial score (nSPS) is 20.9. The van der Waals surface area contributed by atoms with Crippen molar-refractivity contribution >= 4 is 5.95 Å². The van der Waals surface area contributed by atoms with Gasteiger partial charge in [-0.2, -0.15) is 0 Å². The van der Waals surface area contributed by atoms with E-state index in [-0.39, 0.29) is 6.10 Å². The van der Waals surface area contributed by atoms with E-state index in [1.54, 1.807) is 13.3 Å². The van der Waals surface area contributed by atoms with Crippen LogP contribution in [0.1, 0.15) is 12.1 Å². The second-order valence-electron chi connectivity index (χ2n) is 3.67. The van der Waals surface area contributed by atoms with Crippen LogP contribution >= 0.6 is 0 Å². The highest BCUT2D eigenvalue weighted by Gasteiger charge is 2.22. The zero-order chi connectivity index (χ0) is 10.7. The average Bonchev–Trinajstić information content (AvgIpc) is 2.66. The molecule has 15 heavy (non-hydrogen) atoms. The van der Waals surface area contributed by atoms with Gasteiger partial charge in [0, 0.05) is 26.4 Å². The molecule has 0 unspecified atom stereocenters. The minimum atomic E-state index is -0.250. The molecule has 1 atom stereocenters. The lowest BCUT2D eigenvalue weighted by atomic mass is 10.3. The van der Waals surface area contributed by atoms with Crippen molar-refractivity contribution in [3.05, 3.63) is 18.0 Å². The summed E-state index contributed by atoms with van der Waals surface area (Å²) < 4.78 is 5.01. The highest BCUT2D eigenvalue weighted by Crippen LogP contribution is 2.15. The van der Waals surface area contributed by atoms with Gasteiger partial charge in [0.25, 0.3) is 0 Å². The zero-order valence-corrected chi connectivity index (χ0v) is 8.76. The smallest absolute Gasteiger partial charge is 0.225 e. The highest BCUT2D eigenvalue weighted by molar-refractivity contribution is 5.32. The molecule has 5 nitrogen and oxygen atoms in total. The molecular weight excluding hydrogens is 194 g/mol. The van der Waals surface area contributed by atoms with Crippen molar-refractivity contribution in [2.24, 2.45) is 0 Å².